The van der Waals surface area contributed by atoms with Gasteiger partial charge in [-0.1, -0.05) is 23.6 Å². The summed E-state index contributed by atoms with van der Waals surface area (Å²) in [4.78, 5) is 31.6. The van der Waals surface area contributed by atoms with Crippen LogP contribution in [0.2, 0.25) is 5.02 Å². The quantitative estimate of drug-likeness (QED) is 0.385. The van der Waals surface area contributed by atoms with Gasteiger partial charge in [0.25, 0.3) is 5.91 Å². The van der Waals surface area contributed by atoms with Crippen LogP contribution in [-0.2, 0) is 0 Å². The summed E-state index contributed by atoms with van der Waals surface area (Å²) in [6, 6.07) is 10.6. The zero-order chi connectivity index (χ0) is 25.7. The van der Waals surface area contributed by atoms with Crippen molar-refractivity contribution in [2.75, 3.05) is 30.4 Å². The van der Waals surface area contributed by atoms with Crippen LogP contribution in [-0.4, -0.2) is 48.3 Å². The summed E-state index contributed by atoms with van der Waals surface area (Å²) in [6.45, 7) is 1.73. The lowest BCUT2D eigenvalue weighted by Gasteiger charge is -2.27. The molecule has 0 aliphatic carbocycles. The summed E-state index contributed by atoms with van der Waals surface area (Å²) in [7, 11) is 1.42. The molecular weight excluding hydrogens is 485 g/mol. The minimum absolute atomic E-state index is 0.0193. The Morgan fingerprint density at radius 2 is 2.06 bits per heavy atom. The molecule has 2 aromatic carbocycles. The maximum absolute atomic E-state index is 14.8. The number of nitrogens with zero attached hydrogens (tertiary/aromatic N) is 4. The minimum Gasteiger partial charge on any atom is -0.497 e. The van der Waals surface area contributed by atoms with Crippen LogP contribution in [0.15, 0.2) is 59.8 Å². The number of pyridine rings is 1. The molecule has 1 N–H and O–H groups in total. The SMILES string of the molecule is C#Cc1ccc(N(C(=O)Nc2ccc(C=NN3CCC3)cc2F)C(=O)c2cc(Cl)cc(OC)c2)nc1. The average Bonchev–Trinajstić information content (AvgIpc) is 2.84. The van der Waals surface area contributed by atoms with Crippen molar-refractivity contribution < 1.29 is 18.7 Å². The van der Waals surface area contributed by atoms with Crippen LogP contribution >= 0.6 is 11.6 Å². The average molecular weight is 506 g/mol. The van der Waals surface area contributed by atoms with Gasteiger partial charge in [0.15, 0.2) is 0 Å². The standard InChI is InChI=1S/C26H21ClFN5O3/c1-3-17-6-8-24(29-15-17)33(25(34)19-12-20(27)14-21(13-19)36-2)26(35)31-23-7-5-18(11-22(23)28)16-30-32-9-4-10-32/h1,5-8,11-16H,4,9-10H2,2H3,(H,31,35). The van der Waals surface area contributed by atoms with Crippen LogP contribution in [0.3, 0.4) is 0 Å². The lowest BCUT2D eigenvalue weighted by molar-refractivity contribution is 0.0994. The first kappa shape index (κ1) is 24.7. The Hall–Kier alpha value is -4.42. The maximum atomic E-state index is 14.8. The largest absolute Gasteiger partial charge is 0.497 e. The number of urea groups is 1. The second-order valence-electron chi connectivity index (χ2n) is 7.79. The van der Waals surface area contributed by atoms with E-state index in [4.69, 9.17) is 22.8 Å². The maximum Gasteiger partial charge on any atom is 0.334 e. The summed E-state index contributed by atoms with van der Waals surface area (Å²) in [5.41, 5.74) is 0.929. The van der Waals surface area contributed by atoms with Crippen molar-refractivity contribution in [1.29, 1.82) is 0 Å². The van der Waals surface area contributed by atoms with Crippen molar-refractivity contribution in [2.45, 2.75) is 6.42 Å². The predicted octanol–water partition coefficient (Wildman–Crippen LogP) is 4.78. The van der Waals surface area contributed by atoms with Crippen LogP contribution < -0.4 is 15.0 Å². The molecule has 0 saturated carbocycles. The number of halogens is 2. The number of aromatic nitrogens is 1. The number of carbonyl (C=O) groups excluding carboxylic acids is 2. The Morgan fingerprint density at radius 3 is 2.67 bits per heavy atom. The van der Waals surface area contributed by atoms with Gasteiger partial charge in [-0.15, -0.1) is 6.42 Å². The molecule has 1 saturated heterocycles. The molecule has 0 unspecified atom stereocenters. The summed E-state index contributed by atoms with van der Waals surface area (Å²) >= 11 is 6.11. The van der Waals surface area contributed by atoms with E-state index in [0.717, 1.165) is 24.4 Å². The highest BCUT2D eigenvalue weighted by Crippen LogP contribution is 2.25. The first-order valence-electron chi connectivity index (χ1n) is 10.9. The number of benzene rings is 2. The van der Waals surface area contributed by atoms with Crippen molar-refractivity contribution >= 4 is 41.3 Å². The highest BCUT2D eigenvalue weighted by Gasteiger charge is 2.27. The van der Waals surface area contributed by atoms with Crippen molar-refractivity contribution in [2.24, 2.45) is 5.10 Å². The third-order valence-electron chi connectivity index (χ3n) is 5.34. The lowest BCUT2D eigenvalue weighted by atomic mass is 10.1. The molecule has 182 valence electrons. The first-order valence-corrected chi connectivity index (χ1v) is 11.3. The minimum atomic E-state index is -0.930. The number of amides is 3. The Balaban J connectivity index is 1.63. The monoisotopic (exact) mass is 505 g/mol. The number of ether oxygens (including phenoxy) is 1. The number of anilines is 2. The van der Waals surface area contributed by atoms with Gasteiger partial charge >= 0.3 is 6.03 Å². The Labute approximate surface area is 212 Å². The molecule has 0 spiro atoms. The van der Waals surface area contributed by atoms with Gasteiger partial charge in [-0.05, 0) is 54.4 Å². The summed E-state index contributed by atoms with van der Waals surface area (Å²) in [6.07, 6.45) is 9.35. The van der Waals surface area contributed by atoms with E-state index in [2.05, 4.69) is 21.3 Å². The Morgan fingerprint density at radius 1 is 1.25 bits per heavy atom. The molecule has 8 nitrogen and oxygen atoms in total. The molecule has 1 aliphatic heterocycles. The summed E-state index contributed by atoms with van der Waals surface area (Å²) in [5, 5.41) is 8.78. The van der Waals surface area contributed by atoms with Crippen molar-refractivity contribution in [3.05, 3.63) is 82.3 Å². The Bertz CT molecular complexity index is 1370. The fourth-order valence-corrected chi connectivity index (χ4v) is 3.51. The summed E-state index contributed by atoms with van der Waals surface area (Å²) < 4.78 is 20.0. The number of hydrazone groups is 1. The number of methoxy groups -OCH3 is 1. The number of hydrogen-bond acceptors (Lipinski definition) is 6. The van der Waals surface area contributed by atoms with Crippen molar-refractivity contribution in [1.82, 2.24) is 9.99 Å². The lowest BCUT2D eigenvalue weighted by Crippen LogP contribution is -2.41. The molecule has 4 rings (SSSR count). The molecule has 1 aliphatic rings. The van der Waals surface area contributed by atoms with Crippen LogP contribution in [0.25, 0.3) is 0 Å². The molecule has 36 heavy (non-hydrogen) atoms. The van der Waals surface area contributed by atoms with Gasteiger partial charge in [0, 0.05) is 35.4 Å². The predicted molar refractivity (Wildman–Crippen MR) is 136 cm³/mol. The second kappa shape index (κ2) is 10.9. The normalized spacial score (nSPS) is 12.6. The van der Waals surface area contributed by atoms with E-state index in [0.29, 0.717) is 16.9 Å². The van der Waals surface area contributed by atoms with Crippen LogP contribution in [0.5, 0.6) is 5.75 Å². The number of hydrogen-bond donors (Lipinski definition) is 1. The van der Waals surface area contributed by atoms with Crippen molar-refractivity contribution in [3.8, 4) is 18.1 Å². The van der Waals surface area contributed by atoms with E-state index in [1.807, 2.05) is 5.01 Å². The number of rotatable bonds is 6. The summed E-state index contributed by atoms with van der Waals surface area (Å²) in [5.74, 6) is 1.27. The van der Waals surface area contributed by atoms with Gasteiger partial charge in [0.05, 0.1) is 19.0 Å². The number of nitrogens with one attached hydrogen (secondary N) is 1. The molecule has 1 fully saturated rings. The molecule has 3 aromatic rings. The second-order valence-corrected chi connectivity index (χ2v) is 8.23. The molecule has 0 radical (unpaired) electrons. The van der Waals surface area contributed by atoms with Gasteiger partial charge in [-0.2, -0.15) is 5.10 Å². The fraction of sp³-hybridized carbons (Fsp3) is 0.154. The molecule has 2 heterocycles. The van der Waals surface area contributed by atoms with Crippen LogP contribution in [0.4, 0.5) is 20.7 Å². The van der Waals surface area contributed by atoms with E-state index in [1.165, 1.54) is 55.8 Å². The van der Waals surface area contributed by atoms with Crippen LogP contribution in [0, 0.1) is 18.2 Å². The van der Waals surface area contributed by atoms with Gasteiger partial charge < -0.3 is 10.1 Å². The highest BCUT2D eigenvalue weighted by molar-refractivity contribution is 6.31. The molecule has 10 heteroatoms. The van der Waals surface area contributed by atoms with E-state index in [9.17, 15) is 14.0 Å². The zero-order valence-corrected chi connectivity index (χ0v) is 20.0. The van der Waals surface area contributed by atoms with Crippen molar-refractivity contribution in [3.63, 3.8) is 0 Å². The molecular formula is C26H21ClFN5O3. The van der Waals surface area contributed by atoms with Gasteiger partial charge in [0.1, 0.15) is 17.4 Å². The molecule has 0 bridgehead atoms. The molecule has 3 amide bonds. The fourth-order valence-electron chi connectivity index (χ4n) is 3.28. The zero-order valence-electron chi connectivity index (χ0n) is 19.2. The number of carbonyl (C=O) groups is 2. The van der Waals surface area contributed by atoms with Gasteiger partial charge in [-0.25, -0.2) is 19.1 Å². The highest BCUT2D eigenvalue weighted by atomic mass is 35.5. The van der Waals surface area contributed by atoms with Gasteiger partial charge in [-0.3, -0.25) is 9.80 Å². The molecule has 1 aromatic heterocycles. The number of terminal acetylenes is 1. The van der Waals surface area contributed by atoms with E-state index >= 15 is 0 Å². The third-order valence-corrected chi connectivity index (χ3v) is 5.56. The Kier molecular flexibility index (Phi) is 7.47. The first-order chi connectivity index (χ1) is 17.4. The van der Waals surface area contributed by atoms with E-state index in [-0.39, 0.29) is 22.1 Å². The van der Waals surface area contributed by atoms with Crippen LogP contribution in [0.1, 0.15) is 27.9 Å². The topological polar surface area (TPSA) is 87.1 Å². The van der Waals surface area contributed by atoms with E-state index in [1.54, 1.807) is 12.3 Å². The number of imide groups is 1. The third kappa shape index (κ3) is 5.62. The smallest absolute Gasteiger partial charge is 0.334 e. The van der Waals surface area contributed by atoms with E-state index < -0.39 is 17.8 Å². The van der Waals surface area contributed by atoms with Gasteiger partial charge in [0.2, 0.25) is 0 Å². The molecule has 0 atom stereocenters.